The predicted molar refractivity (Wildman–Crippen MR) is 66.1 cm³/mol. The van der Waals surface area contributed by atoms with Gasteiger partial charge in [0.1, 0.15) is 6.07 Å². The van der Waals surface area contributed by atoms with Crippen molar-refractivity contribution in [2.75, 3.05) is 7.05 Å². The quantitative estimate of drug-likeness (QED) is 0.903. The maximum atomic E-state index is 8.97. The number of hydrogen-bond acceptors (Lipinski definition) is 3. The highest BCUT2D eigenvalue weighted by molar-refractivity contribution is 6.30. The first-order chi connectivity index (χ1) is 8.26. The summed E-state index contributed by atoms with van der Waals surface area (Å²) in [4.78, 5) is 3.98. The summed E-state index contributed by atoms with van der Waals surface area (Å²) < 4.78 is 1.75. The molecular weight excluding hydrogens is 236 g/mol. The second kappa shape index (κ2) is 5.00. The molecule has 1 N–H and O–H groups in total. The van der Waals surface area contributed by atoms with Crippen molar-refractivity contribution in [3.05, 3.63) is 47.0 Å². The van der Waals surface area contributed by atoms with Crippen molar-refractivity contribution >= 4 is 11.6 Å². The third kappa shape index (κ3) is 2.31. The number of benzene rings is 1. The molecule has 0 fully saturated rings. The Labute approximate surface area is 104 Å². The molecule has 2 rings (SSSR count). The van der Waals surface area contributed by atoms with Crippen molar-refractivity contribution < 1.29 is 0 Å². The number of aromatic nitrogens is 2. The zero-order chi connectivity index (χ0) is 12.3. The van der Waals surface area contributed by atoms with Crippen molar-refractivity contribution in [3.8, 4) is 11.8 Å². The van der Waals surface area contributed by atoms with Gasteiger partial charge in [-0.1, -0.05) is 11.6 Å². The molecule has 0 aliphatic heterocycles. The van der Waals surface area contributed by atoms with E-state index >= 15 is 0 Å². The lowest BCUT2D eigenvalue weighted by molar-refractivity contribution is 0.806. The van der Waals surface area contributed by atoms with Gasteiger partial charge in [0.25, 0.3) is 0 Å². The lowest BCUT2D eigenvalue weighted by Gasteiger charge is -2.11. The fraction of sp³-hybridized carbons (Fsp3) is 0.167. The first kappa shape index (κ1) is 11.6. The lowest BCUT2D eigenvalue weighted by Crippen LogP contribution is -2.09. The molecule has 1 aromatic carbocycles. The van der Waals surface area contributed by atoms with Crippen molar-refractivity contribution in [2.45, 2.75) is 6.54 Å². The van der Waals surface area contributed by atoms with Gasteiger partial charge in [0.15, 0.2) is 0 Å². The van der Waals surface area contributed by atoms with E-state index in [-0.39, 0.29) is 0 Å². The molecule has 0 amide bonds. The second-order valence-corrected chi connectivity index (χ2v) is 3.97. The fourth-order valence-corrected chi connectivity index (χ4v) is 1.90. The van der Waals surface area contributed by atoms with Crippen LogP contribution in [0.4, 0.5) is 0 Å². The van der Waals surface area contributed by atoms with Crippen LogP contribution in [0.1, 0.15) is 11.4 Å². The average Bonchev–Trinajstić information content (AvgIpc) is 2.78. The van der Waals surface area contributed by atoms with Crippen LogP contribution in [0.25, 0.3) is 5.69 Å². The van der Waals surface area contributed by atoms with Gasteiger partial charge < -0.3 is 5.32 Å². The molecule has 0 saturated heterocycles. The maximum absolute atomic E-state index is 8.97. The summed E-state index contributed by atoms with van der Waals surface area (Å²) in [5, 5.41) is 12.7. The molecule has 1 aromatic heterocycles. The van der Waals surface area contributed by atoms with E-state index in [9.17, 15) is 0 Å². The zero-order valence-corrected chi connectivity index (χ0v) is 10.1. The number of nitrogens with one attached hydrogen (secondary N) is 1. The Bertz CT molecular complexity index is 568. The number of hydrogen-bond donors (Lipinski definition) is 1. The molecule has 0 spiro atoms. The summed E-state index contributed by atoms with van der Waals surface area (Å²) in [6.07, 6.45) is 3.37. The fourth-order valence-electron chi connectivity index (χ4n) is 1.70. The molecule has 0 saturated carbocycles. The molecule has 5 heteroatoms. The molecular formula is C12H11ClN4. The number of nitrogens with zero attached hydrogens (tertiary/aromatic N) is 3. The van der Waals surface area contributed by atoms with Crippen molar-refractivity contribution in [1.29, 1.82) is 5.26 Å². The molecule has 0 radical (unpaired) electrons. The maximum Gasteiger partial charge on any atom is 0.217 e. The number of halogens is 1. The molecule has 17 heavy (non-hydrogen) atoms. The van der Waals surface area contributed by atoms with Crippen LogP contribution in [0.15, 0.2) is 30.6 Å². The lowest BCUT2D eigenvalue weighted by atomic mass is 10.1. The predicted octanol–water partition coefficient (Wildman–Crippen LogP) is 2.12. The highest BCUT2D eigenvalue weighted by atomic mass is 35.5. The minimum atomic E-state index is 0.365. The van der Waals surface area contributed by atoms with Crippen LogP contribution in [0.2, 0.25) is 5.02 Å². The van der Waals surface area contributed by atoms with E-state index < -0.39 is 0 Å². The summed E-state index contributed by atoms with van der Waals surface area (Å²) >= 11 is 5.97. The van der Waals surface area contributed by atoms with E-state index in [4.69, 9.17) is 16.9 Å². The topological polar surface area (TPSA) is 53.6 Å². The van der Waals surface area contributed by atoms with E-state index in [1.165, 1.54) is 0 Å². The monoisotopic (exact) mass is 246 g/mol. The van der Waals surface area contributed by atoms with Crippen molar-refractivity contribution in [3.63, 3.8) is 0 Å². The van der Waals surface area contributed by atoms with Gasteiger partial charge in [0, 0.05) is 24.0 Å². The Morgan fingerprint density at radius 1 is 1.53 bits per heavy atom. The molecule has 0 unspecified atom stereocenters. The Balaban J connectivity index is 2.55. The van der Waals surface area contributed by atoms with Gasteiger partial charge in [-0.25, -0.2) is 4.98 Å². The standard InChI is InChI=1S/C12H11ClN4/c1-15-8-9-6-10(13)2-3-11(9)17-5-4-16-12(17)7-14/h2-6,15H,8H2,1H3. The molecule has 4 nitrogen and oxygen atoms in total. The van der Waals surface area contributed by atoms with Gasteiger partial charge in [0.05, 0.1) is 5.69 Å². The number of rotatable bonds is 3. The summed E-state index contributed by atoms with van der Waals surface area (Å²) in [5.74, 6) is 0.365. The van der Waals surface area contributed by atoms with Crippen LogP contribution in [-0.2, 0) is 6.54 Å². The van der Waals surface area contributed by atoms with Gasteiger partial charge in [-0.3, -0.25) is 4.57 Å². The first-order valence-electron chi connectivity index (χ1n) is 5.13. The first-order valence-corrected chi connectivity index (χ1v) is 5.51. The van der Waals surface area contributed by atoms with Crippen LogP contribution >= 0.6 is 11.6 Å². The van der Waals surface area contributed by atoms with E-state index in [0.29, 0.717) is 17.4 Å². The van der Waals surface area contributed by atoms with Gasteiger partial charge in [-0.15, -0.1) is 0 Å². The van der Waals surface area contributed by atoms with Gasteiger partial charge in [-0.2, -0.15) is 5.26 Å². The third-order valence-corrected chi connectivity index (χ3v) is 2.64. The average molecular weight is 247 g/mol. The minimum Gasteiger partial charge on any atom is -0.316 e. The van der Waals surface area contributed by atoms with E-state index in [0.717, 1.165) is 11.3 Å². The largest absolute Gasteiger partial charge is 0.316 e. The number of imidazole rings is 1. The van der Waals surface area contributed by atoms with Gasteiger partial charge >= 0.3 is 0 Å². The summed E-state index contributed by atoms with van der Waals surface area (Å²) in [7, 11) is 1.86. The number of nitriles is 1. The Hall–Kier alpha value is -1.83. The second-order valence-electron chi connectivity index (χ2n) is 3.54. The Kier molecular flexibility index (Phi) is 3.43. The molecule has 0 aliphatic rings. The zero-order valence-electron chi connectivity index (χ0n) is 9.31. The van der Waals surface area contributed by atoms with E-state index in [2.05, 4.69) is 16.4 Å². The van der Waals surface area contributed by atoms with Crippen LogP contribution in [0.5, 0.6) is 0 Å². The van der Waals surface area contributed by atoms with Gasteiger partial charge in [0.2, 0.25) is 5.82 Å². The summed E-state index contributed by atoms with van der Waals surface area (Å²) in [5.41, 5.74) is 1.94. The molecule has 86 valence electrons. The highest BCUT2D eigenvalue weighted by Gasteiger charge is 2.08. The van der Waals surface area contributed by atoms with Crippen LogP contribution in [0, 0.1) is 11.3 Å². The van der Waals surface area contributed by atoms with Crippen LogP contribution < -0.4 is 5.32 Å². The van der Waals surface area contributed by atoms with Gasteiger partial charge in [-0.05, 0) is 30.8 Å². The smallest absolute Gasteiger partial charge is 0.217 e. The minimum absolute atomic E-state index is 0.365. The normalized spacial score (nSPS) is 10.2. The van der Waals surface area contributed by atoms with Crippen molar-refractivity contribution in [1.82, 2.24) is 14.9 Å². The molecule has 0 aliphatic carbocycles. The van der Waals surface area contributed by atoms with E-state index in [1.807, 2.05) is 19.2 Å². The molecule has 0 atom stereocenters. The van der Waals surface area contributed by atoms with Crippen molar-refractivity contribution in [2.24, 2.45) is 0 Å². The van der Waals surface area contributed by atoms with Crippen LogP contribution in [0.3, 0.4) is 0 Å². The summed E-state index contributed by atoms with van der Waals surface area (Å²) in [6.45, 7) is 0.680. The SMILES string of the molecule is CNCc1cc(Cl)ccc1-n1ccnc1C#N. The van der Waals surface area contributed by atoms with E-state index in [1.54, 1.807) is 23.0 Å². The third-order valence-electron chi connectivity index (χ3n) is 2.41. The molecule has 1 heterocycles. The Morgan fingerprint density at radius 3 is 3.06 bits per heavy atom. The summed E-state index contributed by atoms with van der Waals surface area (Å²) in [6, 6.07) is 7.63. The highest BCUT2D eigenvalue weighted by Crippen LogP contribution is 2.20. The molecule has 2 aromatic rings. The Morgan fingerprint density at radius 2 is 2.35 bits per heavy atom. The molecule has 0 bridgehead atoms. The van der Waals surface area contributed by atoms with Crippen LogP contribution in [-0.4, -0.2) is 16.6 Å².